The van der Waals surface area contributed by atoms with Gasteiger partial charge in [0.15, 0.2) is 9.84 Å². The Morgan fingerprint density at radius 2 is 1.97 bits per heavy atom. The van der Waals surface area contributed by atoms with Crippen LogP contribution in [0.2, 0.25) is 6.32 Å². The molecular formula is C22H31BO5S. The van der Waals surface area contributed by atoms with Crippen LogP contribution in [-0.4, -0.2) is 42.8 Å². The molecule has 2 aliphatic heterocycles. The molecule has 2 atom stereocenters. The molecule has 0 amide bonds. The van der Waals surface area contributed by atoms with E-state index in [1.165, 1.54) is 0 Å². The monoisotopic (exact) mass is 418 g/mol. The number of sulfone groups is 1. The highest BCUT2D eigenvalue weighted by atomic mass is 32.2. The third-order valence-corrected chi connectivity index (χ3v) is 7.99. The molecule has 5 nitrogen and oxygen atoms in total. The Morgan fingerprint density at radius 1 is 1.31 bits per heavy atom. The van der Waals surface area contributed by atoms with Gasteiger partial charge in [0.1, 0.15) is 5.75 Å². The summed E-state index contributed by atoms with van der Waals surface area (Å²) < 4.78 is 31.0. The van der Waals surface area contributed by atoms with Crippen LogP contribution in [0.4, 0.5) is 0 Å². The number of hydrogen-bond donors (Lipinski definition) is 2. The molecule has 7 heteroatoms. The minimum Gasteiger partial charge on any atom is -0.507 e. The zero-order chi connectivity index (χ0) is 21.3. The van der Waals surface area contributed by atoms with Crippen LogP contribution >= 0.6 is 0 Å². The van der Waals surface area contributed by atoms with E-state index in [0.717, 1.165) is 52.7 Å². The average Bonchev–Trinajstić information content (AvgIpc) is 2.88. The van der Waals surface area contributed by atoms with Crippen LogP contribution < -0.4 is 0 Å². The highest BCUT2D eigenvalue weighted by Gasteiger charge is 2.48. The maximum atomic E-state index is 12.6. The molecule has 0 unspecified atom stereocenters. The van der Waals surface area contributed by atoms with Crippen LogP contribution in [0.5, 0.6) is 5.75 Å². The molecular weight excluding hydrogens is 387 g/mol. The van der Waals surface area contributed by atoms with Crippen molar-refractivity contribution in [1.82, 2.24) is 0 Å². The van der Waals surface area contributed by atoms with Crippen LogP contribution in [0, 0.1) is 13.8 Å². The maximum absolute atomic E-state index is 12.6. The van der Waals surface area contributed by atoms with Gasteiger partial charge in [-0.1, -0.05) is 30.6 Å². The third kappa shape index (κ3) is 4.78. The summed E-state index contributed by atoms with van der Waals surface area (Å²) in [6.07, 6.45) is 4.92. The van der Waals surface area contributed by atoms with Gasteiger partial charge in [0, 0.05) is 6.32 Å². The predicted molar refractivity (Wildman–Crippen MR) is 118 cm³/mol. The fourth-order valence-corrected chi connectivity index (χ4v) is 6.75. The molecule has 1 saturated heterocycles. The quantitative estimate of drug-likeness (QED) is 0.540. The molecule has 1 aromatic carbocycles. The van der Waals surface area contributed by atoms with Gasteiger partial charge in [0.2, 0.25) is 0 Å². The number of phenols is 1. The van der Waals surface area contributed by atoms with Crippen LogP contribution in [-0.2, 0) is 14.5 Å². The second-order valence-electron chi connectivity index (χ2n) is 8.45. The zero-order valence-electron chi connectivity index (χ0n) is 17.7. The van der Waals surface area contributed by atoms with Crippen molar-refractivity contribution in [2.45, 2.75) is 71.1 Å². The Bertz CT molecular complexity index is 925. The topological polar surface area (TPSA) is 83.8 Å². The highest BCUT2D eigenvalue weighted by molar-refractivity contribution is 7.92. The molecule has 0 bridgehead atoms. The average molecular weight is 418 g/mol. The molecule has 3 rings (SSSR count). The van der Waals surface area contributed by atoms with Crippen molar-refractivity contribution in [1.29, 1.82) is 0 Å². The van der Waals surface area contributed by atoms with Gasteiger partial charge in [-0.15, -0.1) is 0 Å². The first-order chi connectivity index (χ1) is 13.6. The van der Waals surface area contributed by atoms with Crippen molar-refractivity contribution in [3.63, 3.8) is 0 Å². The lowest BCUT2D eigenvalue weighted by Crippen LogP contribution is -2.41. The Morgan fingerprint density at radius 3 is 2.59 bits per heavy atom. The number of allylic oxidation sites excluding steroid dienone is 1. The van der Waals surface area contributed by atoms with E-state index in [-0.39, 0.29) is 18.2 Å². The predicted octanol–water partition coefficient (Wildman–Crippen LogP) is 3.97. The van der Waals surface area contributed by atoms with E-state index in [1.54, 1.807) is 0 Å². The smallest absolute Gasteiger partial charge is 0.456 e. The van der Waals surface area contributed by atoms with Crippen molar-refractivity contribution >= 4 is 23.0 Å². The second kappa shape index (κ2) is 8.66. The lowest BCUT2D eigenvalue weighted by Gasteiger charge is -2.32. The molecule has 2 N–H and O–H groups in total. The third-order valence-electron chi connectivity index (χ3n) is 5.93. The maximum Gasteiger partial charge on any atom is 0.456 e. The SMILES string of the molecule is CCCC1=C2[C@@H](CC/C(C)=C/c3cc(C)c(O)c(C)c3)OB(O)C[C@@H]2S(=O)(=O)C1. The number of hydrogen-bond acceptors (Lipinski definition) is 5. The van der Waals surface area contributed by atoms with Gasteiger partial charge in [-0.3, -0.25) is 0 Å². The van der Waals surface area contributed by atoms with E-state index in [9.17, 15) is 18.5 Å². The summed E-state index contributed by atoms with van der Waals surface area (Å²) in [4.78, 5) is 0. The summed E-state index contributed by atoms with van der Waals surface area (Å²) >= 11 is 0. The van der Waals surface area contributed by atoms with Crippen LogP contribution in [0.15, 0.2) is 28.9 Å². The molecule has 1 fully saturated rings. The van der Waals surface area contributed by atoms with E-state index < -0.39 is 22.2 Å². The van der Waals surface area contributed by atoms with Crippen molar-refractivity contribution in [2.75, 3.05) is 5.75 Å². The molecule has 0 aromatic heterocycles. The molecule has 158 valence electrons. The van der Waals surface area contributed by atoms with Gasteiger partial charge in [-0.2, -0.15) is 0 Å². The van der Waals surface area contributed by atoms with Crippen LogP contribution in [0.1, 0.15) is 56.2 Å². The summed E-state index contributed by atoms with van der Waals surface area (Å²) in [5.74, 6) is 0.433. The summed E-state index contributed by atoms with van der Waals surface area (Å²) in [6, 6.07) is 3.91. The summed E-state index contributed by atoms with van der Waals surface area (Å²) in [5.41, 5.74) is 5.76. The number of phenolic OH excluding ortho intramolecular Hbond substituents is 1. The van der Waals surface area contributed by atoms with Gasteiger partial charge in [-0.05, 0) is 74.4 Å². The van der Waals surface area contributed by atoms with E-state index >= 15 is 0 Å². The normalized spacial score (nSPS) is 24.2. The zero-order valence-corrected chi connectivity index (χ0v) is 18.6. The Labute approximate surface area is 174 Å². The summed E-state index contributed by atoms with van der Waals surface area (Å²) in [7, 11) is -4.27. The Kier molecular flexibility index (Phi) is 6.61. The first-order valence-corrected chi connectivity index (χ1v) is 12.1. The number of aryl methyl sites for hydroxylation is 2. The number of aromatic hydroxyl groups is 1. The van der Waals surface area contributed by atoms with Crippen LogP contribution in [0.25, 0.3) is 6.08 Å². The van der Waals surface area contributed by atoms with Crippen molar-refractivity contribution in [3.8, 4) is 5.75 Å². The van der Waals surface area contributed by atoms with Crippen LogP contribution in [0.3, 0.4) is 0 Å². The molecule has 0 aliphatic carbocycles. The summed E-state index contributed by atoms with van der Waals surface area (Å²) in [5, 5.41) is 19.5. The van der Waals surface area contributed by atoms with E-state index in [0.29, 0.717) is 12.2 Å². The number of fused-ring (bicyclic) bond motifs is 1. The minimum absolute atomic E-state index is 0.105. The van der Waals surface area contributed by atoms with E-state index in [2.05, 4.69) is 13.0 Å². The fraction of sp³-hybridized carbons (Fsp3) is 0.545. The molecule has 0 spiro atoms. The second-order valence-corrected chi connectivity index (χ2v) is 10.6. The lowest BCUT2D eigenvalue weighted by atomic mass is 9.74. The van der Waals surface area contributed by atoms with Crippen molar-refractivity contribution in [2.24, 2.45) is 0 Å². The highest BCUT2D eigenvalue weighted by Crippen LogP contribution is 2.40. The Balaban J connectivity index is 1.78. The number of rotatable bonds is 6. The van der Waals surface area contributed by atoms with Crippen molar-refractivity contribution in [3.05, 3.63) is 45.5 Å². The molecule has 1 aromatic rings. The van der Waals surface area contributed by atoms with Gasteiger partial charge in [-0.25, -0.2) is 8.42 Å². The van der Waals surface area contributed by atoms with Gasteiger partial charge in [0.25, 0.3) is 0 Å². The van der Waals surface area contributed by atoms with Gasteiger partial charge >= 0.3 is 7.12 Å². The summed E-state index contributed by atoms with van der Waals surface area (Å²) in [6.45, 7) is 7.86. The molecule has 29 heavy (non-hydrogen) atoms. The van der Waals surface area contributed by atoms with Crippen molar-refractivity contribution < 1.29 is 23.2 Å². The van der Waals surface area contributed by atoms with Gasteiger partial charge in [0.05, 0.1) is 17.1 Å². The molecule has 2 aliphatic rings. The van der Waals surface area contributed by atoms with E-state index in [4.69, 9.17) is 4.65 Å². The molecule has 2 heterocycles. The number of benzene rings is 1. The fourth-order valence-electron chi connectivity index (χ4n) is 4.59. The first-order valence-electron chi connectivity index (χ1n) is 10.4. The standard InChI is InChI=1S/C22H31BO5S/c1-5-6-18-13-29(26,27)20-12-23(25)28-19(21(18)20)8-7-14(2)9-17-10-15(3)22(24)16(4)11-17/h9-11,19-20,24-25H,5-8,12-13H2,1-4H3/b14-9+/t19-,20+/m1/s1. The Hall–Kier alpha value is -1.57. The largest absolute Gasteiger partial charge is 0.507 e. The lowest BCUT2D eigenvalue weighted by molar-refractivity contribution is 0.169. The molecule has 0 radical (unpaired) electrons. The minimum atomic E-state index is -3.24. The first kappa shape index (κ1) is 22.1. The molecule has 0 saturated carbocycles. The van der Waals surface area contributed by atoms with E-state index in [1.807, 2.05) is 32.9 Å². The van der Waals surface area contributed by atoms with Gasteiger partial charge < -0.3 is 14.8 Å².